The number of nitrogens with one attached hydrogen (secondary N) is 2. The van der Waals surface area contributed by atoms with Crippen molar-refractivity contribution in [2.45, 2.75) is 19.3 Å². The second-order valence-corrected chi connectivity index (χ2v) is 4.75. The number of nitrogens with zero attached hydrogens (tertiary/aromatic N) is 1. The van der Waals surface area contributed by atoms with Crippen LogP contribution in [0.5, 0.6) is 0 Å². The van der Waals surface area contributed by atoms with E-state index in [1.165, 1.54) is 37.5 Å². The van der Waals surface area contributed by atoms with Crippen LogP contribution in [0.15, 0.2) is 18.2 Å². The Morgan fingerprint density at radius 1 is 1.47 bits per heavy atom. The van der Waals surface area contributed by atoms with Crippen molar-refractivity contribution in [1.82, 2.24) is 5.32 Å². The highest BCUT2D eigenvalue weighted by Crippen LogP contribution is 2.26. The molecule has 2 rings (SSSR count). The van der Waals surface area contributed by atoms with Crippen LogP contribution in [-0.4, -0.2) is 24.4 Å². The minimum atomic E-state index is -0.470. The SMILES string of the molecule is CNc1cc(C(=O)NCC2CCC2)ccc1[N+](=O)[O-]. The molecule has 0 atom stereocenters. The predicted molar refractivity (Wildman–Crippen MR) is 72.3 cm³/mol. The van der Waals surface area contributed by atoms with Gasteiger partial charge in [-0.2, -0.15) is 0 Å². The van der Waals surface area contributed by atoms with E-state index in [4.69, 9.17) is 0 Å². The van der Waals surface area contributed by atoms with Crippen LogP contribution in [0.3, 0.4) is 0 Å². The third-order valence-corrected chi connectivity index (χ3v) is 3.50. The van der Waals surface area contributed by atoms with E-state index in [1.807, 2.05) is 0 Å². The Kier molecular flexibility index (Phi) is 3.99. The van der Waals surface area contributed by atoms with Crippen molar-refractivity contribution in [1.29, 1.82) is 0 Å². The van der Waals surface area contributed by atoms with Gasteiger partial charge in [-0.05, 0) is 30.9 Å². The van der Waals surface area contributed by atoms with Gasteiger partial charge < -0.3 is 10.6 Å². The van der Waals surface area contributed by atoms with Crippen molar-refractivity contribution in [3.63, 3.8) is 0 Å². The molecule has 0 saturated heterocycles. The molecule has 1 aromatic rings. The summed E-state index contributed by atoms with van der Waals surface area (Å²) in [5.41, 5.74) is 0.758. The topological polar surface area (TPSA) is 84.3 Å². The lowest BCUT2D eigenvalue weighted by Gasteiger charge is -2.25. The standard InChI is InChI=1S/C13H17N3O3/c1-14-11-7-10(5-6-12(11)16(18)19)13(17)15-8-9-3-2-4-9/h5-7,9,14H,2-4,8H2,1H3,(H,15,17). The molecule has 0 aliphatic heterocycles. The summed E-state index contributed by atoms with van der Waals surface area (Å²) in [4.78, 5) is 22.2. The van der Waals surface area contributed by atoms with Gasteiger partial charge in [-0.25, -0.2) is 0 Å². The molecule has 1 aromatic carbocycles. The molecule has 1 amide bonds. The van der Waals surface area contributed by atoms with Crippen LogP contribution >= 0.6 is 0 Å². The average Bonchev–Trinajstić information content (AvgIpc) is 2.35. The van der Waals surface area contributed by atoms with E-state index < -0.39 is 4.92 Å². The first-order chi connectivity index (χ1) is 9.11. The quantitative estimate of drug-likeness (QED) is 0.629. The van der Waals surface area contributed by atoms with E-state index in [0.717, 1.165) is 0 Å². The summed E-state index contributed by atoms with van der Waals surface area (Å²) in [6.07, 6.45) is 3.58. The first kappa shape index (κ1) is 13.3. The van der Waals surface area contributed by atoms with E-state index >= 15 is 0 Å². The lowest BCUT2D eigenvalue weighted by atomic mass is 9.85. The Labute approximate surface area is 111 Å². The summed E-state index contributed by atoms with van der Waals surface area (Å²) >= 11 is 0. The molecular formula is C13H17N3O3. The molecule has 0 radical (unpaired) electrons. The smallest absolute Gasteiger partial charge is 0.292 e. The molecule has 1 saturated carbocycles. The molecule has 2 N–H and O–H groups in total. The minimum Gasteiger partial charge on any atom is -0.383 e. The Hall–Kier alpha value is -2.11. The van der Waals surface area contributed by atoms with E-state index in [-0.39, 0.29) is 11.6 Å². The number of hydrogen-bond acceptors (Lipinski definition) is 4. The monoisotopic (exact) mass is 263 g/mol. The molecule has 1 aliphatic carbocycles. The van der Waals surface area contributed by atoms with Crippen LogP contribution in [0.4, 0.5) is 11.4 Å². The Morgan fingerprint density at radius 2 is 2.21 bits per heavy atom. The highest BCUT2D eigenvalue weighted by molar-refractivity contribution is 5.95. The third-order valence-electron chi connectivity index (χ3n) is 3.50. The van der Waals surface area contributed by atoms with Crippen molar-refractivity contribution in [3.8, 4) is 0 Å². The fourth-order valence-electron chi connectivity index (χ4n) is 2.07. The van der Waals surface area contributed by atoms with Crippen molar-refractivity contribution in [3.05, 3.63) is 33.9 Å². The van der Waals surface area contributed by atoms with Gasteiger partial charge in [-0.15, -0.1) is 0 Å². The number of nitro benzene ring substituents is 1. The second kappa shape index (κ2) is 5.69. The van der Waals surface area contributed by atoms with Crippen LogP contribution in [-0.2, 0) is 0 Å². The highest BCUT2D eigenvalue weighted by Gasteiger charge is 2.19. The van der Waals surface area contributed by atoms with Crippen molar-refractivity contribution >= 4 is 17.3 Å². The van der Waals surface area contributed by atoms with Crippen molar-refractivity contribution < 1.29 is 9.72 Å². The maximum atomic E-state index is 11.9. The van der Waals surface area contributed by atoms with E-state index in [9.17, 15) is 14.9 Å². The predicted octanol–water partition coefficient (Wildman–Crippen LogP) is 2.17. The number of nitro groups is 1. The van der Waals surface area contributed by atoms with Crippen LogP contribution in [0.1, 0.15) is 29.6 Å². The lowest BCUT2D eigenvalue weighted by Crippen LogP contribution is -2.32. The zero-order valence-corrected chi connectivity index (χ0v) is 10.8. The summed E-state index contributed by atoms with van der Waals surface area (Å²) < 4.78 is 0. The lowest BCUT2D eigenvalue weighted by molar-refractivity contribution is -0.383. The molecule has 19 heavy (non-hydrogen) atoms. The van der Waals surface area contributed by atoms with Crippen LogP contribution in [0.25, 0.3) is 0 Å². The molecule has 0 spiro atoms. The number of carbonyl (C=O) groups excluding carboxylic acids is 1. The van der Waals surface area contributed by atoms with Crippen molar-refractivity contribution in [2.75, 3.05) is 18.9 Å². The van der Waals surface area contributed by atoms with Gasteiger partial charge in [0.1, 0.15) is 5.69 Å². The molecule has 102 valence electrons. The van der Waals surface area contributed by atoms with Crippen molar-refractivity contribution in [2.24, 2.45) is 5.92 Å². The molecule has 0 bridgehead atoms. The summed E-state index contributed by atoms with van der Waals surface area (Å²) in [5.74, 6) is 0.407. The first-order valence-electron chi connectivity index (χ1n) is 6.36. The molecule has 1 aliphatic rings. The first-order valence-corrected chi connectivity index (χ1v) is 6.36. The molecule has 1 fully saturated rings. The van der Waals surface area contributed by atoms with Gasteiger partial charge >= 0.3 is 0 Å². The largest absolute Gasteiger partial charge is 0.383 e. The number of rotatable bonds is 5. The van der Waals surface area contributed by atoms with E-state index in [0.29, 0.717) is 23.7 Å². The fraction of sp³-hybridized carbons (Fsp3) is 0.462. The maximum Gasteiger partial charge on any atom is 0.292 e. The average molecular weight is 263 g/mol. The number of amides is 1. The van der Waals surface area contributed by atoms with Crippen LogP contribution in [0, 0.1) is 16.0 Å². The van der Waals surface area contributed by atoms with E-state index in [2.05, 4.69) is 10.6 Å². The van der Waals surface area contributed by atoms with Gasteiger partial charge in [0.2, 0.25) is 0 Å². The molecular weight excluding hydrogens is 246 g/mol. The summed E-state index contributed by atoms with van der Waals surface area (Å²) in [6, 6.07) is 4.34. The number of carbonyl (C=O) groups is 1. The van der Waals surface area contributed by atoms with Gasteiger partial charge in [0.05, 0.1) is 4.92 Å². The summed E-state index contributed by atoms with van der Waals surface area (Å²) in [5, 5.41) is 16.4. The number of hydrogen-bond donors (Lipinski definition) is 2. The zero-order chi connectivity index (χ0) is 13.8. The van der Waals surface area contributed by atoms with Crippen LogP contribution < -0.4 is 10.6 Å². The Morgan fingerprint density at radius 3 is 2.74 bits per heavy atom. The molecule has 0 heterocycles. The number of anilines is 1. The number of benzene rings is 1. The van der Waals surface area contributed by atoms with Gasteiger partial charge in [-0.3, -0.25) is 14.9 Å². The van der Waals surface area contributed by atoms with Gasteiger partial charge in [0, 0.05) is 25.2 Å². The zero-order valence-electron chi connectivity index (χ0n) is 10.8. The second-order valence-electron chi connectivity index (χ2n) is 4.75. The van der Waals surface area contributed by atoms with E-state index in [1.54, 1.807) is 7.05 Å². The molecule has 0 aromatic heterocycles. The third kappa shape index (κ3) is 3.01. The van der Waals surface area contributed by atoms with Gasteiger partial charge in [0.25, 0.3) is 11.6 Å². The summed E-state index contributed by atoms with van der Waals surface area (Å²) in [6.45, 7) is 0.685. The van der Waals surface area contributed by atoms with Crippen LogP contribution in [0.2, 0.25) is 0 Å². The fourth-order valence-corrected chi connectivity index (χ4v) is 2.07. The van der Waals surface area contributed by atoms with Gasteiger partial charge in [0.15, 0.2) is 0 Å². The Balaban J connectivity index is 2.06. The Bertz CT molecular complexity index is 498. The summed E-state index contributed by atoms with van der Waals surface area (Å²) in [7, 11) is 1.60. The normalized spacial score (nSPS) is 14.6. The van der Waals surface area contributed by atoms with Gasteiger partial charge in [-0.1, -0.05) is 6.42 Å². The molecule has 6 nitrogen and oxygen atoms in total. The highest BCUT2D eigenvalue weighted by atomic mass is 16.6. The maximum absolute atomic E-state index is 11.9. The minimum absolute atomic E-state index is 0.0296. The molecule has 0 unspecified atom stereocenters. The molecule has 6 heteroatoms.